The lowest BCUT2D eigenvalue weighted by atomic mass is 10.1. The number of rotatable bonds is 12. The Bertz CT molecular complexity index is 1010. The summed E-state index contributed by atoms with van der Waals surface area (Å²) in [6.07, 6.45) is 5.28. The van der Waals surface area contributed by atoms with Gasteiger partial charge in [-0.2, -0.15) is 0 Å². The molecule has 3 aromatic rings. The molecular weight excluding hydrogens is 408 g/mol. The number of fused-ring (bicyclic) bond motifs is 1. The van der Waals surface area contributed by atoms with Crippen molar-refractivity contribution in [3.8, 4) is 11.5 Å². The van der Waals surface area contributed by atoms with Crippen LogP contribution in [-0.4, -0.2) is 34.8 Å². The maximum absolute atomic E-state index is 11.0. The van der Waals surface area contributed by atoms with Gasteiger partial charge in [-0.25, -0.2) is 15.4 Å². The molecule has 0 radical (unpaired) electrons. The van der Waals surface area contributed by atoms with Crippen molar-refractivity contribution in [2.45, 2.75) is 45.1 Å². The molecule has 0 aliphatic heterocycles. The first-order valence-corrected chi connectivity index (χ1v) is 10.8. The number of hydroxylamine groups is 1. The number of hydrogen-bond acceptors (Lipinski definition) is 7. The first-order valence-electron chi connectivity index (χ1n) is 10.8. The minimum atomic E-state index is -0.352. The van der Waals surface area contributed by atoms with E-state index in [-0.39, 0.29) is 11.9 Å². The quantitative estimate of drug-likeness (QED) is 0.215. The molecule has 170 valence electrons. The van der Waals surface area contributed by atoms with Crippen LogP contribution in [0.25, 0.3) is 10.9 Å². The van der Waals surface area contributed by atoms with E-state index in [0.717, 1.165) is 42.4 Å². The van der Waals surface area contributed by atoms with Crippen molar-refractivity contribution in [2.75, 3.05) is 19.0 Å². The Hall–Kier alpha value is -3.39. The van der Waals surface area contributed by atoms with Gasteiger partial charge in [-0.05, 0) is 31.4 Å². The number of hydrogen-bond donors (Lipinski definition) is 3. The van der Waals surface area contributed by atoms with E-state index in [0.29, 0.717) is 24.5 Å². The number of anilines is 1. The van der Waals surface area contributed by atoms with E-state index in [2.05, 4.69) is 34.3 Å². The van der Waals surface area contributed by atoms with E-state index in [9.17, 15) is 4.79 Å². The van der Waals surface area contributed by atoms with Crippen molar-refractivity contribution >= 4 is 22.6 Å². The Balaban J connectivity index is 1.66. The minimum Gasteiger partial charge on any atom is -0.493 e. The molecule has 0 fully saturated rings. The number of carbonyl (C=O) groups excluding carboxylic acids is 1. The zero-order valence-electron chi connectivity index (χ0n) is 18.5. The number of unbranched alkanes of at least 4 members (excludes halogenated alkanes) is 3. The molecule has 8 nitrogen and oxygen atoms in total. The fourth-order valence-corrected chi connectivity index (χ4v) is 3.46. The molecule has 0 aliphatic rings. The third-order valence-electron chi connectivity index (χ3n) is 5.25. The molecule has 0 saturated carbocycles. The predicted octanol–water partition coefficient (Wildman–Crippen LogP) is 4.65. The van der Waals surface area contributed by atoms with Gasteiger partial charge >= 0.3 is 0 Å². The van der Waals surface area contributed by atoms with Crippen LogP contribution >= 0.6 is 0 Å². The average molecular weight is 439 g/mol. The highest BCUT2D eigenvalue weighted by Gasteiger charge is 2.14. The number of aromatic nitrogens is 2. The van der Waals surface area contributed by atoms with E-state index in [4.69, 9.17) is 14.7 Å². The van der Waals surface area contributed by atoms with Gasteiger partial charge in [-0.15, -0.1) is 0 Å². The summed E-state index contributed by atoms with van der Waals surface area (Å²) in [5.41, 5.74) is 3.59. The molecule has 1 amide bonds. The van der Waals surface area contributed by atoms with Gasteiger partial charge in [0.2, 0.25) is 5.91 Å². The number of amides is 1. The van der Waals surface area contributed by atoms with Gasteiger partial charge in [-0.1, -0.05) is 43.2 Å². The molecule has 3 rings (SSSR count). The standard InChI is InChI=1S/C24H30N4O4/c1-17(18-10-6-5-7-11-18)27-24-19-14-22(21(31-2)15-20(19)25-16-26-24)32-13-9-4-3-8-12-23(29)28-30/h5-7,10-11,14-17,30H,3-4,8-9,12-13H2,1-2H3,(H,28,29)(H,25,26,27)/t17-/m1/s1. The Morgan fingerprint density at radius 3 is 2.59 bits per heavy atom. The normalized spacial score (nSPS) is 11.7. The molecule has 0 saturated heterocycles. The molecule has 1 heterocycles. The molecule has 0 aliphatic carbocycles. The minimum absolute atomic E-state index is 0.0775. The van der Waals surface area contributed by atoms with Crippen LogP contribution in [0.1, 0.15) is 50.6 Å². The molecule has 1 atom stereocenters. The summed E-state index contributed by atoms with van der Waals surface area (Å²) < 4.78 is 11.5. The van der Waals surface area contributed by atoms with Gasteiger partial charge in [0, 0.05) is 23.9 Å². The van der Waals surface area contributed by atoms with Gasteiger partial charge in [0.05, 0.1) is 19.2 Å². The Morgan fingerprint density at radius 2 is 1.84 bits per heavy atom. The van der Waals surface area contributed by atoms with Crippen molar-refractivity contribution in [3.63, 3.8) is 0 Å². The van der Waals surface area contributed by atoms with Crippen LogP contribution in [0.2, 0.25) is 0 Å². The molecule has 8 heteroatoms. The van der Waals surface area contributed by atoms with Gasteiger partial charge in [0.25, 0.3) is 0 Å². The summed E-state index contributed by atoms with van der Waals surface area (Å²) in [4.78, 5) is 19.9. The molecule has 2 aromatic carbocycles. The van der Waals surface area contributed by atoms with Gasteiger partial charge in [0.15, 0.2) is 11.5 Å². The average Bonchev–Trinajstić information content (AvgIpc) is 2.83. The monoisotopic (exact) mass is 438 g/mol. The second-order valence-corrected chi connectivity index (χ2v) is 7.57. The van der Waals surface area contributed by atoms with E-state index >= 15 is 0 Å². The SMILES string of the molecule is COc1cc2ncnc(N[C@H](C)c3ccccc3)c2cc1OCCCCCCC(=O)NO. The molecule has 32 heavy (non-hydrogen) atoms. The third kappa shape index (κ3) is 6.31. The Labute approximate surface area is 187 Å². The van der Waals surface area contributed by atoms with E-state index in [1.165, 1.54) is 5.56 Å². The largest absolute Gasteiger partial charge is 0.493 e. The predicted molar refractivity (Wildman–Crippen MR) is 123 cm³/mol. The van der Waals surface area contributed by atoms with Crippen LogP contribution < -0.4 is 20.3 Å². The van der Waals surface area contributed by atoms with Crippen molar-refractivity contribution in [3.05, 3.63) is 54.4 Å². The number of nitrogens with one attached hydrogen (secondary N) is 2. The summed E-state index contributed by atoms with van der Waals surface area (Å²) in [5, 5.41) is 12.8. The number of nitrogens with zero attached hydrogens (tertiary/aromatic N) is 2. The molecule has 1 aromatic heterocycles. The maximum Gasteiger partial charge on any atom is 0.243 e. The lowest BCUT2D eigenvalue weighted by molar-refractivity contribution is -0.129. The highest BCUT2D eigenvalue weighted by atomic mass is 16.5. The van der Waals surface area contributed by atoms with Gasteiger partial charge < -0.3 is 14.8 Å². The molecule has 0 bridgehead atoms. The van der Waals surface area contributed by atoms with Crippen LogP contribution in [0.5, 0.6) is 11.5 Å². The summed E-state index contributed by atoms with van der Waals surface area (Å²) in [6.45, 7) is 2.62. The summed E-state index contributed by atoms with van der Waals surface area (Å²) in [5.74, 6) is 1.65. The molecule has 3 N–H and O–H groups in total. The van der Waals surface area contributed by atoms with Crippen LogP contribution in [0.4, 0.5) is 5.82 Å². The lowest BCUT2D eigenvalue weighted by Gasteiger charge is -2.17. The Morgan fingerprint density at radius 1 is 1.06 bits per heavy atom. The smallest absolute Gasteiger partial charge is 0.243 e. The third-order valence-corrected chi connectivity index (χ3v) is 5.25. The summed E-state index contributed by atoms with van der Waals surface area (Å²) >= 11 is 0. The van der Waals surface area contributed by atoms with Crippen LogP contribution in [0.3, 0.4) is 0 Å². The second kappa shape index (κ2) is 11.9. The summed E-state index contributed by atoms with van der Waals surface area (Å²) in [7, 11) is 1.61. The van der Waals surface area contributed by atoms with Crippen LogP contribution in [-0.2, 0) is 4.79 Å². The number of benzene rings is 2. The lowest BCUT2D eigenvalue weighted by Crippen LogP contribution is -2.17. The zero-order valence-corrected chi connectivity index (χ0v) is 18.5. The maximum atomic E-state index is 11.0. The van der Waals surface area contributed by atoms with Gasteiger partial charge in [0.1, 0.15) is 12.1 Å². The van der Waals surface area contributed by atoms with Crippen molar-refractivity contribution < 1.29 is 19.5 Å². The van der Waals surface area contributed by atoms with Crippen molar-refractivity contribution in [2.24, 2.45) is 0 Å². The fourth-order valence-electron chi connectivity index (χ4n) is 3.46. The van der Waals surface area contributed by atoms with Crippen molar-refractivity contribution in [1.82, 2.24) is 15.4 Å². The first kappa shape index (κ1) is 23.3. The van der Waals surface area contributed by atoms with E-state index in [1.807, 2.05) is 30.3 Å². The van der Waals surface area contributed by atoms with E-state index in [1.54, 1.807) is 18.9 Å². The number of methoxy groups -OCH3 is 1. The highest BCUT2D eigenvalue weighted by Crippen LogP contribution is 2.35. The van der Waals surface area contributed by atoms with Crippen molar-refractivity contribution in [1.29, 1.82) is 0 Å². The first-order chi connectivity index (χ1) is 15.6. The second-order valence-electron chi connectivity index (χ2n) is 7.57. The van der Waals surface area contributed by atoms with Crippen LogP contribution in [0, 0.1) is 0 Å². The van der Waals surface area contributed by atoms with Gasteiger partial charge in [-0.3, -0.25) is 10.0 Å². The topological polar surface area (TPSA) is 106 Å². The fraction of sp³-hybridized carbons (Fsp3) is 0.375. The van der Waals surface area contributed by atoms with Crippen LogP contribution in [0.15, 0.2) is 48.8 Å². The summed E-state index contributed by atoms with van der Waals surface area (Å²) in [6, 6.07) is 14.0. The number of carbonyl (C=O) groups is 1. The molecule has 0 unspecified atom stereocenters. The molecular formula is C24H30N4O4. The molecule has 0 spiro atoms. The highest BCUT2D eigenvalue weighted by molar-refractivity contribution is 5.91. The number of ether oxygens (including phenoxy) is 2. The zero-order chi connectivity index (χ0) is 22.8. The van der Waals surface area contributed by atoms with E-state index < -0.39 is 0 Å². The Kier molecular flexibility index (Phi) is 8.62.